The topological polar surface area (TPSA) is 95.9 Å². The van der Waals surface area contributed by atoms with Crippen LogP contribution in [0.4, 0.5) is 0 Å². The Bertz CT molecular complexity index is 1300. The monoisotopic (exact) mass is 992 g/mol. The number of esters is 1. The maximum Gasteiger partial charge on any atom is 0.306 e. The maximum atomic E-state index is 13.3. The minimum absolute atomic E-state index is 0.0463. The van der Waals surface area contributed by atoms with Crippen molar-refractivity contribution < 1.29 is 24.5 Å². The standard InChI is InChI=1S/C65H117NO5/c1-4-7-10-13-16-19-22-25-28-31-34-37-40-43-46-49-52-55-58-65(70)71-61(56-53-50-47-44-41-38-35-32-29-26-23-20-17-14-11-8-5-2)59-64(69)66-62(60-67)63(68)57-54-51-48-45-42-39-36-33-30-27-24-21-18-15-12-9-6-3/h8,11,17,20,26,29,35,38,44,47,53,56,61-63,67-68H,4-7,9-10,12-16,18-19,21-25,27-28,30-34,36-37,39-43,45-46,48-52,54-55,57-60H2,1-3H3,(H,66,69)/b11-8-,20-17-,29-26-,38-35-,47-44-,56-53-. The molecule has 0 aromatic rings. The number of unbranched alkanes of at least 4 members (excludes halogenated alkanes) is 33. The number of hydrogen-bond acceptors (Lipinski definition) is 5. The summed E-state index contributed by atoms with van der Waals surface area (Å²) in [6, 6.07) is -0.745. The SMILES string of the molecule is CC/C=C\C/C=C\C/C=C\C/C=C\C/C=C\C/C=C\C(CC(=O)NC(CO)C(O)CCCCCCCCCCCCCCCCCCC)OC(=O)CCCCCCCCCCCCCCCCCCCC. The molecule has 3 unspecified atom stereocenters. The largest absolute Gasteiger partial charge is 0.458 e. The first-order valence-corrected chi connectivity index (χ1v) is 30.7. The van der Waals surface area contributed by atoms with Gasteiger partial charge < -0.3 is 20.3 Å². The van der Waals surface area contributed by atoms with Gasteiger partial charge in [-0.1, -0.05) is 306 Å². The van der Waals surface area contributed by atoms with Gasteiger partial charge in [0.2, 0.25) is 5.91 Å². The molecule has 0 aromatic carbocycles. The van der Waals surface area contributed by atoms with Crippen LogP contribution in [0.5, 0.6) is 0 Å². The van der Waals surface area contributed by atoms with Gasteiger partial charge in [-0.2, -0.15) is 0 Å². The van der Waals surface area contributed by atoms with Gasteiger partial charge in [-0.15, -0.1) is 0 Å². The van der Waals surface area contributed by atoms with Crippen LogP contribution >= 0.6 is 0 Å². The zero-order valence-electron chi connectivity index (χ0n) is 47.1. The molecule has 1 amide bonds. The van der Waals surface area contributed by atoms with Crippen molar-refractivity contribution in [3.05, 3.63) is 72.9 Å². The van der Waals surface area contributed by atoms with E-state index >= 15 is 0 Å². The lowest BCUT2D eigenvalue weighted by molar-refractivity contribution is -0.148. The molecule has 0 bridgehead atoms. The smallest absolute Gasteiger partial charge is 0.306 e. The number of amides is 1. The van der Waals surface area contributed by atoms with Crippen LogP contribution < -0.4 is 5.32 Å². The summed E-state index contributed by atoms with van der Waals surface area (Å²) in [6.45, 7) is 6.38. The van der Waals surface area contributed by atoms with Crippen molar-refractivity contribution in [2.75, 3.05) is 6.61 Å². The molecule has 0 rings (SSSR count). The number of aliphatic hydroxyl groups excluding tert-OH is 2. The molecule has 6 heteroatoms. The second-order valence-corrected chi connectivity index (χ2v) is 20.7. The van der Waals surface area contributed by atoms with Gasteiger partial charge in [-0.25, -0.2) is 0 Å². The van der Waals surface area contributed by atoms with Crippen LogP contribution in [0.2, 0.25) is 0 Å². The van der Waals surface area contributed by atoms with E-state index in [1.807, 2.05) is 12.2 Å². The van der Waals surface area contributed by atoms with Crippen molar-refractivity contribution in [1.29, 1.82) is 0 Å². The quantitative estimate of drug-likeness (QED) is 0.0321. The first kappa shape index (κ1) is 68.3. The molecule has 0 fully saturated rings. The average Bonchev–Trinajstić information content (AvgIpc) is 3.36. The Balaban J connectivity index is 4.66. The fourth-order valence-electron chi connectivity index (χ4n) is 9.20. The lowest BCUT2D eigenvalue weighted by atomic mass is 10.0. The third kappa shape index (κ3) is 53.4. The predicted molar refractivity (Wildman–Crippen MR) is 310 cm³/mol. The molecular formula is C65H117NO5. The third-order valence-electron chi connectivity index (χ3n) is 13.8. The molecular weight excluding hydrogens is 875 g/mol. The molecule has 0 saturated carbocycles. The number of carbonyl (C=O) groups is 2. The molecule has 0 spiro atoms. The van der Waals surface area contributed by atoms with E-state index < -0.39 is 18.2 Å². The molecule has 3 atom stereocenters. The molecule has 0 radical (unpaired) electrons. The van der Waals surface area contributed by atoms with Crippen molar-refractivity contribution >= 4 is 11.9 Å². The van der Waals surface area contributed by atoms with Crippen LogP contribution in [0.25, 0.3) is 0 Å². The fourth-order valence-corrected chi connectivity index (χ4v) is 9.20. The highest BCUT2D eigenvalue weighted by Gasteiger charge is 2.23. The normalized spacial score (nSPS) is 13.6. The number of hydrogen-bond donors (Lipinski definition) is 3. The van der Waals surface area contributed by atoms with Crippen LogP contribution in [0, 0.1) is 0 Å². The summed E-state index contributed by atoms with van der Waals surface area (Å²) in [4.78, 5) is 26.3. The second-order valence-electron chi connectivity index (χ2n) is 20.7. The summed E-state index contributed by atoms with van der Waals surface area (Å²) in [5.74, 6) is -0.618. The Kier molecular flexibility index (Phi) is 56.0. The summed E-state index contributed by atoms with van der Waals surface area (Å²) in [5, 5.41) is 23.9. The van der Waals surface area contributed by atoms with Crippen molar-refractivity contribution in [1.82, 2.24) is 5.32 Å². The van der Waals surface area contributed by atoms with Gasteiger partial charge in [0.25, 0.3) is 0 Å². The number of carbonyl (C=O) groups excluding carboxylic acids is 2. The molecule has 71 heavy (non-hydrogen) atoms. The first-order valence-electron chi connectivity index (χ1n) is 30.7. The Labute approximate surface area is 441 Å². The van der Waals surface area contributed by atoms with Crippen molar-refractivity contribution in [3.63, 3.8) is 0 Å². The Morgan fingerprint density at radius 3 is 1.07 bits per heavy atom. The van der Waals surface area contributed by atoms with Gasteiger partial charge in [-0.3, -0.25) is 9.59 Å². The van der Waals surface area contributed by atoms with E-state index in [9.17, 15) is 19.8 Å². The minimum atomic E-state index is -0.822. The summed E-state index contributed by atoms with van der Waals surface area (Å²) < 4.78 is 5.87. The van der Waals surface area contributed by atoms with Crippen LogP contribution in [0.1, 0.15) is 303 Å². The zero-order valence-corrected chi connectivity index (χ0v) is 47.1. The Hall–Kier alpha value is -2.70. The summed E-state index contributed by atoms with van der Waals surface area (Å²) in [6.07, 6.45) is 75.8. The van der Waals surface area contributed by atoms with Crippen LogP contribution in [-0.4, -0.2) is 46.9 Å². The fraction of sp³-hybridized carbons (Fsp3) is 0.785. The van der Waals surface area contributed by atoms with E-state index in [4.69, 9.17) is 4.74 Å². The lowest BCUT2D eigenvalue weighted by Gasteiger charge is -2.23. The molecule has 0 aliphatic rings. The van der Waals surface area contributed by atoms with Gasteiger partial charge in [0.05, 0.1) is 25.2 Å². The first-order chi connectivity index (χ1) is 35.0. The van der Waals surface area contributed by atoms with E-state index in [0.29, 0.717) is 19.3 Å². The van der Waals surface area contributed by atoms with Gasteiger partial charge in [0.15, 0.2) is 0 Å². The van der Waals surface area contributed by atoms with E-state index in [1.54, 1.807) is 0 Å². The predicted octanol–water partition coefficient (Wildman–Crippen LogP) is 19.3. The molecule has 0 aliphatic heterocycles. The van der Waals surface area contributed by atoms with Gasteiger partial charge in [0, 0.05) is 6.42 Å². The molecule has 412 valence electrons. The van der Waals surface area contributed by atoms with Gasteiger partial charge in [0.1, 0.15) is 6.10 Å². The Morgan fingerprint density at radius 1 is 0.423 bits per heavy atom. The number of nitrogens with one attached hydrogen (secondary N) is 1. The maximum absolute atomic E-state index is 13.3. The molecule has 0 saturated heterocycles. The van der Waals surface area contributed by atoms with Gasteiger partial charge in [-0.05, 0) is 57.4 Å². The molecule has 0 aliphatic carbocycles. The van der Waals surface area contributed by atoms with E-state index in [0.717, 1.165) is 70.6 Å². The number of ether oxygens (including phenoxy) is 1. The number of aliphatic hydroxyl groups is 2. The van der Waals surface area contributed by atoms with Crippen molar-refractivity contribution in [2.45, 2.75) is 322 Å². The molecule has 0 heterocycles. The lowest BCUT2D eigenvalue weighted by Crippen LogP contribution is -2.46. The molecule has 6 nitrogen and oxygen atoms in total. The highest BCUT2D eigenvalue weighted by atomic mass is 16.5. The molecule has 3 N–H and O–H groups in total. The van der Waals surface area contributed by atoms with E-state index in [-0.39, 0.29) is 24.9 Å². The minimum Gasteiger partial charge on any atom is -0.458 e. The van der Waals surface area contributed by atoms with Gasteiger partial charge >= 0.3 is 5.97 Å². The molecule has 0 aromatic heterocycles. The highest BCUT2D eigenvalue weighted by molar-refractivity contribution is 5.78. The summed E-state index contributed by atoms with van der Waals surface area (Å²) in [7, 11) is 0. The summed E-state index contributed by atoms with van der Waals surface area (Å²) >= 11 is 0. The zero-order chi connectivity index (χ0) is 51.6. The van der Waals surface area contributed by atoms with E-state index in [2.05, 4.69) is 86.8 Å². The average molecular weight is 993 g/mol. The number of allylic oxidation sites excluding steroid dienone is 11. The van der Waals surface area contributed by atoms with Crippen molar-refractivity contribution in [2.24, 2.45) is 0 Å². The van der Waals surface area contributed by atoms with Crippen LogP contribution in [0.3, 0.4) is 0 Å². The van der Waals surface area contributed by atoms with E-state index in [1.165, 1.54) is 186 Å². The highest BCUT2D eigenvalue weighted by Crippen LogP contribution is 2.18. The van der Waals surface area contributed by atoms with Crippen molar-refractivity contribution in [3.8, 4) is 0 Å². The Morgan fingerprint density at radius 2 is 0.732 bits per heavy atom. The second kappa shape index (κ2) is 58.2. The summed E-state index contributed by atoms with van der Waals surface area (Å²) in [5.41, 5.74) is 0. The van der Waals surface area contributed by atoms with Crippen LogP contribution in [-0.2, 0) is 14.3 Å². The van der Waals surface area contributed by atoms with Crippen LogP contribution in [0.15, 0.2) is 72.9 Å². The number of rotatable bonds is 55. The third-order valence-corrected chi connectivity index (χ3v) is 13.8.